The van der Waals surface area contributed by atoms with Crippen molar-refractivity contribution in [3.63, 3.8) is 0 Å². The van der Waals surface area contributed by atoms with Gasteiger partial charge in [0.05, 0.1) is 18.5 Å². The lowest BCUT2D eigenvalue weighted by Crippen LogP contribution is -2.19. The van der Waals surface area contributed by atoms with Crippen molar-refractivity contribution in [2.45, 2.75) is 12.9 Å². The zero-order valence-corrected chi connectivity index (χ0v) is 8.34. The Morgan fingerprint density at radius 1 is 1.44 bits per heavy atom. The minimum Gasteiger partial charge on any atom is -0.481 e. The molecule has 90 valence electrons. The highest BCUT2D eigenvalue weighted by Gasteiger charge is 2.32. The maximum Gasteiger partial charge on any atom is 0.573 e. The second-order valence-corrected chi connectivity index (χ2v) is 2.78. The SMILES string of the molecule is COc1cc(OC(F)(F)F)c(N)c(CN)n1. The van der Waals surface area contributed by atoms with Crippen LogP contribution in [-0.2, 0) is 6.54 Å². The van der Waals surface area contributed by atoms with Crippen LogP contribution in [0.2, 0.25) is 0 Å². The molecule has 1 aromatic heterocycles. The summed E-state index contributed by atoms with van der Waals surface area (Å²) < 4.78 is 44.5. The molecule has 0 atom stereocenters. The average molecular weight is 237 g/mol. The standard InChI is InChI=1S/C8H10F3N3O2/c1-15-6-2-5(16-8(9,10)11)7(13)4(3-12)14-6/h2H,3,12-13H2,1H3. The van der Waals surface area contributed by atoms with E-state index in [1.807, 2.05) is 0 Å². The minimum absolute atomic E-state index is 0.0473. The van der Waals surface area contributed by atoms with E-state index >= 15 is 0 Å². The number of nitrogens with two attached hydrogens (primary N) is 2. The Balaban J connectivity index is 3.16. The number of nitrogen functional groups attached to an aromatic ring is 1. The van der Waals surface area contributed by atoms with Gasteiger partial charge in [0.25, 0.3) is 0 Å². The van der Waals surface area contributed by atoms with Gasteiger partial charge < -0.3 is 20.9 Å². The first-order chi connectivity index (χ1) is 7.37. The van der Waals surface area contributed by atoms with Gasteiger partial charge in [-0.3, -0.25) is 0 Å². The third kappa shape index (κ3) is 2.89. The molecule has 4 N–H and O–H groups in total. The Hall–Kier alpha value is -1.70. The monoisotopic (exact) mass is 237 g/mol. The van der Waals surface area contributed by atoms with Crippen molar-refractivity contribution in [3.05, 3.63) is 11.8 Å². The molecule has 5 nitrogen and oxygen atoms in total. The van der Waals surface area contributed by atoms with Crippen LogP contribution in [0, 0.1) is 0 Å². The van der Waals surface area contributed by atoms with Crippen LogP contribution in [0.5, 0.6) is 11.6 Å². The molecule has 0 bridgehead atoms. The first kappa shape index (κ1) is 12.4. The van der Waals surface area contributed by atoms with Gasteiger partial charge >= 0.3 is 6.36 Å². The van der Waals surface area contributed by atoms with Crippen LogP contribution in [0.15, 0.2) is 6.07 Å². The lowest BCUT2D eigenvalue weighted by atomic mass is 10.3. The second-order valence-electron chi connectivity index (χ2n) is 2.78. The first-order valence-corrected chi connectivity index (χ1v) is 4.16. The Morgan fingerprint density at radius 3 is 2.50 bits per heavy atom. The second kappa shape index (κ2) is 4.44. The van der Waals surface area contributed by atoms with Crippen LogP contribution < -0.4 is 20.9 Å². The predicted molar refractivity (Wildman–Crippen MR) is 49.8 cm³/mol. The summed E-state index contributed by atoms with van der Waals surface area (Å²) in [6, 6.07) is 0.946. The normalized spacial score (nSPS) is 11.3. The highest BCUT2D eigenvalue weighted by atomic mass is 19.4. The molecule has 0 saturated heterocycles. The Morgan fingerprint density at radius 2 is 2.06 bits per heavy atom. The van der Waals surface area contributed by atoms with E-state index in [0.29, 0.717) is 0 Å². The maximum absolute atomic E-state index is 12.0. The quantitative estimate of drug-likeness (QED) is 0.820. The highest BCUT2D eigenvalue weighted by Crippen LogP contribution is 2.32. The van der Waals surface area contributed by atoms with Crippen LogP contribution in [0.3, 0.4) is 0 Å². The maximum atomic E-state index is 12.0. The topological polar surface area (TPSA) is 83.4 Å². The van der Waals surface area contributed by atoms with Gasteiger partial charge in [-0.25, -0.2) is 4.98 Å². The van der Waals surface area contributed by atoms with E-state index in [9.17, 15) is 13.2 Å². The molecule has 0 aromatic carbocycles. The highest BCUT2D eigenvalue weighted by molar-refractivity contribution is 5.57. The van der Waals surface area contributed by atoms with E-state index in [4.69, 9.17) is 16.2 Å². The molecule has 0 fully saturated rings. The summed E-state index contributed by atoms with van der Waals surface area (Å²) in [5.74, 6) is -0.617. The third-order valence-electron chi connectivity index (χ3n) is 1.70. The van der Waals surface area contributed by atoms with Gasteiger partial charge in [-0.05, 0) is 0 Å². The molecule has 1 heterocycles. The van der Waals surface area contributed by atoms with Crippen molar-refractivity contribution in [3.8, 4) is 11.6 Å². The van der Waals surface area contributed by atoms with Crippen molar-refractivity contribution >= 4 is 5.69 Å². The lowest BCUT2D eigenvalue weighted by Gasteiger charge is -2.14. The van der Waals surface area contributed by atoms with Crippen molar-refractivity contribution in [2.75, 3.05) is 12.8 Å². The van der Waals surface area contributed by atoms with Gasteiger partial charge in [-0.1, -0.05) is 0 Å². The van der Waals surface area contributed by atoms with Crippen LogP contribution in [0.25, 0.3) is 0 Å². The molecule has 1 rings (SSSR count). The summed E-state index contributed by atoms with van der Waals surface area (Å²) in [5, 5.41) is 0. The van der Waals surface area contributed by atoms with Crippen molar-refractivity contribution < 1.29 is 22.6 Å². The predicted octanol–water partition coefficient (Wildman–Crippen LogP) is 1.03. The molecule has 0 aliphatic carbocycles. The fraction of sp³-hybridized carbons (Fsp3) is 0.375. The lowest BCUT2D eigenvalue weighted by molar-refractivity contribution is -0.274. The molecule has 0 unspecified atom stereocenters. The summed E-state index contributed by atoms with van der Waals surface area (Å²) in [4.78, 5) is 3.78. The zero-order valence-electron chi connectivity index (χ0n) is 8.34. The molecule has 8 heteroatoms. The molecule has 0 radical (unpaired) electrons. The van der Waals surface area contributed by atoms with Crippen molar-refractivity contribution in [1.29, 1.82) is 0 Å². The zero-order chi connectivity index (χ0) is 12.3. The summed E-state index contributed by atoms with van der Waals surface area (Å²) >= 11 is 0. The van der Waals surface area contributed by atoms with Crippen LogP contribution >= 0.6 is 0 Å². The minimum atomic E-state index is -4.83. The van der Waals surface area contributed by atoms with Gasteiger partial charge in [-0.15, -0.1) is 13.2 Å². The molecule has 1 aromatic rings. The van der Waals surface area contributed by atoms with Crippen molar-refractivity contribution in [1.82, 2.24) is 4.98 Å². The number of alkyl halides is 3. The summed E-state index contributed by atoms with van der Waals surface area (Å²) in [6.45, 7) is -0.114. The fourth-order valence-electron chi connectivity index (χ4n) is 1.03. The number of nitrogens with zero attached hydrogens (tertiary/aromatic N) is 1. The van der Waals surface area contributed by atoms with Crippen LogP contribution in [-0.4, -0.2) is 18.5 Å². The molecule has 0 saturated carbocycles. The van der Waals surface area contributed by atoms with Gasteiger partial charge in [0, 0.05) is 12.6 Å². The van der Waals surface area contributed by atoms with Gasteiger partial charge in [0.2, 0.25) is 5.88 Å². The summed E-state index contributed by atoms with van der Waals surface area (Å²) in [5.41, 5.74) is 10.5. The molecule has 0 aliphatic heterocycles. The van der Waals surface area contributed by atoms with E-state index in [0.717, 1.165) is 6.07 Å². The number of aromatic nitrogens is 1. The van der Waals surface area contributed by atoms with Crippen LogP contribution in [0.1, 0.15) is 5.69 Å². The molecule has 0 amide bonds. The Labute approximate surface area is 89.1 Å². The third-order valence-corrected chi connectivity index (χ3v) is 1.70. The molecule has 0 spiro atoms. The Kier molecular flexibility index (Phi) is 3.43. The van der Waals surface area contributed by atoms with E-state index in [2.05, 4.69) is 9.72 Å². The van der Waals surface area contributed by atoms with E-state index in [1.54, 1.807) is 0 Å². The van der Waals surface area contributed by atoms with E-state index < -0.39 is 12.1 Å². The first-order valence-electron chi connectivity index (χ1n) is 4.16. The number of hydrogen-bond acceptors (Lipinski definition) is 5. The number of rotatable bonds is 3. The number of ether oxygens (including phenoxy) is 2. The number of halogens is 3. The number of pyridine rings is 1. The molecular weight excluding hydrogens is 227 g/mol. The average Bonchev–Trinajstić information content (AvgIpc) is 2.19. The Bertz CT molecular complexity index is 382. The largest absolute Gasteiger partial charge is 0.573 e. The summed E-state index contributed by atoms with van der Waals surface area (Å²) in [6.07, 6.45) is -4.83. The van der Waals surface area contributed by atoms with E-state index in [-0.39, 0.29) is 23.8 Å². The van der Waals surface area contributed by atoms with Gasteiger partial charge in [0.1, 0.15) is 0 Å². The van der Waals surface area contributed by atoms with Gasteiger partial charge in [0.15, 0.2) is 5.75 Å². The molecule has 0 aliphatic rings. The summed E-state index contributed by atoms with van der Waals surface area (Å²) in [7, 11) is 1.26. The van der Waals surface area contributed by atoms with Crippen LogP contribution in [0.4, 0.5) is 18.9 Å². The fourth-order valence-corrected chi connectivity index (χ4v) is 1.03. The van der Waals surface area contributed by atoms with Gasteiger partial charge in [-0.2, -0.15) is 0 Å². The molecular formula is C8H10F3N3O2. The molecule has 16 heavy (non-hydrogen) atoms. The number of anilines is 1. The van der Waals surface area contributed by atoms with E-state index in [1.165, 1.54) is 7.11 Å². The smallest absolute Gasteiger partial charge is 0.481 e. The number of hydrogen-bond donors (Lipinski definition) is 2. The van der Waals surface area contributed by atoms with Crippen molar-refractivity contribution in [2.24, 2.45) is 5.73 Å². The number of methoxy groups -OCH3 is 1.